The van der Waals surface area contributed by atoms with Crippen molar-refractivity contribution in [3.63, 3.8) is 0 Å². The van der Waals surface area contributed by atoms with Gasteiger partial charge in [-0.25, -0.2) is 0 Å². The minimum absolute atomic E-state index is 0.0957. The molecular weight excluding hydrogens is 340 g/mol. The van der Waals surface area contributed by atoms with E-state index in [9.17, 15) is 4.79 Å². The van der Waals surface area contributed by atoms with Crippen LogP contribution >= 0.6 is 23.4 Å². The number of para-hydroxylation sites is 1. The van der Waals surface area contributed by atoms with Crippen LogP contribution in [0.5, 0.6) is 0 Å². The third-order valence-electron chi connectivity index (χ3n) is 4.40. The van der Waals surface area contributed by atoms with E-state index < -0.39 is 0 Å². The Labute approximate surface area is 150 Å². The Balaban J connectivity index is 1.77. The highest BCUT2D eigenvalue weighted by Crippen LogP contribution is 2.38. The van der Waals surface area contributed by atoms with Gasteiger partial charge in [0.1, 0.15) is 5.69 Å². The first-order chi connectivity index (χ1) is 11.5. The Hall–Kier alpha value is -1.91. The second-order valence-electron chi connectivity index (χ2n) is 6.13. The minimum Gasteiger partial charge on any atom is -0.334 e. The molecule has 0 unspecified atom stereocenters. The van der Waals surface area contributed by atoms with Crippen molar-refractivity contribution < 1.29 is 4.79 Å². The first kappa shape index (κ1) is 15.6. The predicted molar refractivity (Wildman–Crippen MR) is 101 cm³/mol. The van der Waals surface area contributed by atoms with Crippen LogP contribution in [0.2, 0.25) is 5.02 Å². The fourth-order valence-corrected chi connectivity index (χ4v) is 4.53. The van der Waals surface area contributed by atoms with Gasteiger partial charge in [0.2, 0.25) is 0 Å². The Morgan fingerprint density at radius 1 is 1.29 bits per heavy atom. The van der Waals surface area contributed by atoms with Gasteiger partial charge in [-0.2, -0.15) is 0 Å². The quantitative estimate of drug-likeness (QED) is 0.671. The van der Waals surface area contributed by atoms with Crippen molar-refractivity contribution in [2.45, 2.75) is 30.5 Å². The van der Waals surface area contributed by atoms with Crippen LogP contribution in [0.3, 0.4) is 0 Å². The molecule has 3 nitrogen and oxygen atoms in total. The van der Waals surface area contributed by atoms with Crippen LogP contribution < -0.4 is 5.32 Å². The highest BCUT2D eigenvalue weighted by molar-refractivity contribution is 8.00. The Morgan fingerprint density at radius 3 is 2.92 bits per heavy atom. The molecule has 0 bridgehead atoms. The standard InChI is InChI=1S/C19H17ClN2OS/c1-11-10-22-16(9-13-5-3-8-17(24-11)18(13)22)19(23)21-15-7-4-6-14(20)12(15)2/h3-9,11H,10H2,1-2H3,(H,21,23)/t11-/m0/s1. The second kappa shape index (κ2) is 5.87. The molecule has 0 saturated heterocycles. The number of nitrogens with one attached hydrogen (secondary N) is 1. The SMILES string of the molecule is Cc1c(Cl)cccc1NC(=O)c1cc2cccc3c2n1C[C@H](C)S3. The molecule has 1 amide bonds. The molecule has 3 aromatic rings. The number of benzene rings is 2. The van der Waals surface area contributed by atoms with Crippen molar-refractivity contribution in [1.82, 2.24) is 4.57 Å². The van der Waals surface area contributed by atoms with Gasteiger partial charge in [-0.1, -0.05) is 36.7 Å². The number of aromatic nitrogens is 1. The summed E-state index contributed by atoms with van der Waals surface area (Å²) in [6.45, 7) is 4.94. The summed E-state index contributed by atoms with van der Waals surface area (Å²) in [5.41, 5.74) is 3.49. The lowest BCUT2D eigenvalue weighted by atomic mass is 10.2. The van der Waals surface area contributed by atoms with E-state index in [1.54, 1.807) is 0 Å². The number of thioether (sulfide) groups is 1. The number of carbonyl (C=O) groups excluding carboxylic acids is 1. The van der Waals surface area contributed by atoms with E-state index in [0.717, 1.165) is 28.7 Å². The fraction of sp³-hybridized carbons (Fsp3) is 0.211. The summed E-state index contributed by atoms with van der Waals surface area (Å²) in [6.07, 6.45) is 0. The van der Waals surface area contributed by atoms with Gasteiger partial charge in [-0.3, -0.25) is 4.79 Å². The molecule has 0 radical (unpaired) electrons. The Kier molecular flexibility index (Phi) is 3.82. The molecule has 4 rings (SSSR count). The van der Waals surface area contributed by atoms with E-state index in [1.165, 1.54) is 4.90 Å². The summed E-state index contributed by atoms with van der Waals surface area (Å²) in [5.74, 6) is -0.0957. The summed E-state index contributed by atoms with van der Waals surface area (Å²) >= 11 is 8.02. The van der Waals surface area contributed by atoms with Gasteiger partial charge >= 0.3 is 0 Å². The van der Waals surface area contributed by atoms with E-state index >= 15 is 0 Å². The van der Waals surface area contributed by atoms with Crippen molar-refractivity contribution in [1.29, 1.82) is 0 Å². The summed E-state index contributed by atoms with van der Waals surface area (Å²) in [5, 5.41) is 5.22. The molecule has 1 aliphatic heterocycles. The molecule has 122 valence electrons. The number of nitrogens with zero attached hydrogens (tertiary/aromatic N) is 1. The predicted octanol–water partition coefficient (Wildman–Crippen LogP) is 5.35. The topological polar surface area (TPSA) is 34.0 Å². The van der Waals surface area contributed by atoms with Crippen molar-refractivity contribution in [2.75, 3.05) is 5.32 Å². The number of hydrogen-bond acceptors (Lipinski definition) is 2. The highest BCUT2D eigenvalue weighted by Gasteiger charge is 2.24. The first-order valence-electron chi connectivity index (χ1n) is 7.90. The van der Waals surface area contributed by atoms with Crippen LogP contribution in [0.4, 0.5) is 5.69 Å². The molecule has 1 aliphatic rings. The van der Waals surface area contributed by atoms with Gasteiger partial charge in [-0.15, -0.1) is 11.8 Å². The zero-order valence-electron chi connectivity index (χ0n) is 13.5. The maximum absolute atomic E-state index is 12.9. The number of hydrogen-bond donors (Lipinski definition) is 1. The van der Waals surface area contributed by atoms with E-state index in [2.05, 4.69) is 35.0 Å². The fourth-order valence-electron chi connectivity index (χ4n) is 3.20. The smallest absolute Gasteiger partial charge is 0.272 e. The Bertz CT molecular complexity index is 963. The molecule has 1 N–H and O–H groups in total. The average molecular weight is 357 g/mol. The molecular formula is C19H17ClN2OS. The lowest BCUT2D eigenvalue weighted by Gasteiger charge is -2.22. The molecule has 2 aromatic carbocycles. The lowest BCUT2D eigenvalue weighted by molar-refractivity contribution is 0.101. The van der Waals surface area contributed by atoms with Crippen LogP contribution in [0, 0.1) is 6.92 Å². The van der Waals surface area contributed by atoms with Gasteiger partial charge in [-0.05, 0) is 36.8 Å². The van der Waals surface area contributed by atoms with Crippen LogP contribution in [0.1, 0.15) is 23.0 Å². The lowest BCUT2D eigenvalue weighted by Crippen LogP contribution is -2.22. The summed E-state index contributed by atoms with van der Waals surface area (Å²) in [4.78, 5) is 14.1. The summed E-state index contributed by atoms with van der Waals surface area (Å²) in [6, 6.07) is 13.8. The van der Waals surface area contributed by atoms with E-state index in [-0.39, 0.29) is 5.91 Å². The molecule has 0 aliphatic carbocycles. The van der Waals surface area contributed by atoms with Gasteiger partial charge in [0.05, 0.1) is 5.52 Å². The van der Waals surface area contributed by atoms with Crippen molar-refractivity contribution in [3.8, 4) is 0 Å². The third-order valence-corrected chi connectivity index (χ3v) is 5.94. The summed E-state index contributed by atoms with van der Waals surface area (Å²) < 4.78 is 2.14. The molecule has 0 saturated carbocycles. The number of carbonyl (C=O) groups is 1. The number of anilines is 1. The normalized spacial score (nSPS) is 16.4. The molecule has 1 atom stereocenters. The minimum atomic E-state index is -0.0957. The second-order valence-corrected chi connectivity index (χ2v) is 8.02. The van der Waals surface area contributed by atoms with Crippen LogP contribution in [-0.4, -0.2) is 15.7 Å². The molecule has 1 aromatic heterocycles. The van der Waals surface area contributed by atoms with Gasteiger partial charge in [0, 0.05) is 32.8 Å². The summed E-state index contributed by atoms with van der Waals surface area (Å²) in [7, 11) is 0. The van der Waals surface area contributed by atoms with Crippen molar-refractivity contribution >= 4 is 45.9 Å². The number of rotatable bonds is 2. The van der Waals surface area contributed by atoms with Gasteiger partial charge in [0.15, 0.2) is 0 Å². The molecule has 5 heteroatoms. The van der Waals surface area contributed by atoms with Crippen LogP contribution in [0.25, 0.3) is 10.9 Å². The van der Waals surface area contributed by atoms with Crippen LogP contribution in [-0.2, 0) is 6.54 Å². The maximum atomic E-state index is 12.9. The number of amides is 1. The zero-order valence-corrected chi connectivity index (χ0v) is 15.0. The largest absolute Gasteiger partial charge is 0.334 e. The van der Waals surface area contributed by atoms with Crippen molar-refractivity contribution in [3.05, 3.63) is 58.7 Å². The monoisotopic (exact) mass is 356 g/mol. The molecule has 2 heterocycles. The van der Waals surface area contributed by atoms with E-state index in [0.29, 0.717) is 16.0 Å². The maximum Gasteiger partial charge on any atom is 0.272 e. The van der Waals surface area contributed by atoms with E-state index in [1.807, 2.05) is 43.0 Å². The molecule has 0 spiro atoms. The first-order valence-corrected chi connectivity index (χ1v) is 9.15. The van der Waals surface area contributed by atoms with E-state index in [4.69, 9.17) is 11.6 Å². The Morgan fingerprint density at radius 2 is 2.08 bits per heavy atom. The highest BCUT2D eigenvalue weighted by atomic mass is 35.5. The molecule has 24 heavy (non-hydrogen) atoms. The van der Waals surface area contributed by atoms with Crippen LogP contribution in [0.15, 0.2) is 47.4 Å². The number of halogens is 1. The molecule has 0 fully saturated rings. The zero-order chi connectivity index (χ0) is 16.8. The van der Waals surface area contributed by atoms with Gasteiger partial charge < -0.3 is 9.88 Å². The van der Waals surface area contributed by atoms with Crippen molar-refractivity contribution in [2.24, 2.45) is 0 Å². The third kappa shape index (κ3) is 2.50. The average Bonchev–Trinajstić information content (AvgIpc) is 2.92. The van der Waals surface area contributed by atoms with Gasteiger partial charge in [0.25, 0.3) is 5.91 Å².